The highest BCUT2D eigenvalue weighted by Crippen LogP contribution is 2.45. The summed E-state index contributed by atoms with van der Waals surface area (Å²) in [5.41, 5.74) is 0.949. The minimum atomic E-state index is -0.337. The average molecular weight is 485 g/mol. The fourth-order valence-corrected chi connectivity index (χ4v) is 5.88. The summed E-state index contributed by atoms with van der Waals surface area (Å²) < 4.78 is 0. The van der Waals surface area contributed by atoms with Gasteiger partial charge in [0.05, 0.1) is 17.1 Å². The quantitative estimate of drug-likeness (QED) is 0.521. The van der Waals surface area contributed by atoms with Gasteiger partial charge in [-0.25, -0.2) is 0 Å². The number of nitrogens with one attached hydrogen (secondary N) is 2. The maximum absolute atomic E-state index is 13.2. The zero-order valence-electron chi connectivity index (χ0n) is 19.9. The van der Waals surface area contributed by atoms with Gasteiger partial charge in [-0.2, -0.15) is 0 Å². The Morgan fingerprint density at radius 1 is 1.24 bits per heavy atom. The van der Waals surface area contributed by atoms with Crippen LogP contribution in [0.1, 0.15) is 73.8 Å². The first kappa shape index (κ1) is 24.8. The molecule has 184 valence electrons. The molecule has 3 unspecified atom stereocenters. The molecule has 3 atom stereocenters. The molecule has 1 saturated heterocycles. The molecule has 3 N–H and O–H groups in total. The number of rotatable bonds is 7. The van der Waals surface area contributed by atoms with Crippen LogP contribution in [0.4, 0.5) is 5.00 Å². The third-order valence-electron chi connectivity index (χ3n) is 6.83. The molecule has 0 spiro atoms. The molecule has 8 heteroatoms. The van der Waals surface area contributed by atoms with Crippen LogP contribution in [0.3, 0.4) is 0 Å². The van der Waals surface area contributed by atoms with Crippen LogP contribution >= 0.6 is 11.3 Å². The Bertz CT molecular complexity index is 927. The lowest BCUT2D eigenvalue weighted by Crippen LogP contribution is -2.44. The lowest BCUT2D eigenvalue weighted by molar-refractivity contribution is -0.123. The Morgan fingerprint density at radius 3 is 2.62 bits per heavy atom. The number of aliphatic hydroxyl groups is 1. The van der Waals surface area contributed by atoms with Gasteiger partial charge in [0.1, 0.15) is 12.3 Å². The highest BCUT2D eigenvalue weighted by Gasteiger charge is 2.30. The number of hydrogen-bond acceptors (Lipinski definition) is 7. The van der Waals surface area contributed by atoms with E-state index in [0.717, 1.165) is 35.6 Å². The van der Waals surface area contributed by atoms with Gasteiger partial charge in [0.25, 0.3) is 0 Å². The van der Waals surface area contributed by atoms with Gasteiger partial charge in [0.2, 0.25) is 5.91 Å². The van der Waals surface area contributed by atoms with Crippen molar-refractivity contribution in [3.8, 4) is 0 Å². The van der Waals surface area contributed by atoms with Crippen molar-refractivity contribution in [1.29, 1.82) is 0 Å². The number of carbonyl (C=O) groups excluding carboxylic acids is 2. The molecule has 2 saturated carbocycles. The molecule has 7 nitrogen and oxygen atoms in total. The van der Waals surface area contributed by atoms with Crippen molar-refractivity contribution in [2.24, 2.45) is 0 Å². The number of thiophene rings is 1. The third kappa shape index (κ3) is 6.64. The van der Waals surface area contributed by atoms with Crippen LogP contribution in [-0.2, 0) is 9.59 Å². The van der Waals surface area contributed by atoms with Crippen LogP contribution < -0.4 is 15.5 Å². The van der Waals surface area contributed by atoms with Gasteiger partial charge in [-0.05, 0) is 56.2 Å². The Hall–Kier alpha value is -2.29. The molecule has 3 aliphatic rings. The SMILES string of the molecule is CN(c1ccc(C2CC2)s1)C(C(=O)NC1CCCCC1)c1cccnc1.O=CC1CC(O)CN1. The van der Waals surface area contributed by atoms with Crippen molar-refractivity contribution in [1.82, 2.24) is 15.6 Å². The van der Waals surface area contributed by atoms with E-state index in [9.17, 15) is 9.59 Å². The minimum absolute atomic E-state index is 0.0915. The summed E-state index contributed by atoms with van der Waals surface area (Å²) in [4.78, 5) is 31.0. The van der Waals surface area contributed by atoms with E-state index in [4.69, 9.17) is 5.11 Å². The number of carbonyl (C=O) groups is 2. The number of hydrogen-bond donors (Lipinski definition) is 3. The molecule has 34 heavy (non-hydrogen) atoms. The van der Waals surface area contributed by atoms with E-state index >= 15 is 0 Å². The van der Waals surface area contributed by atoms with Crippen molar-refractivity contribution in [3.05, 3.63) is 47.1 Å². The summed E-state index contributed by atoms with van der Waals surface area (Å²) in [5.74, 6) is 0.837. The van der Waals surface area contributed by atoms with E-state index in [1.807, 2.05) is 36.7 Å². The summed E-state index contributed by atoms with van der Waals surface area (Å²) in [6.07, 6.45) is 13.2. The van der Waals surface area contributed by atoms with Gasteiger partial charge in [-0.15, -0.1) is 11.3 Å². The van der Waals surface area contributed by atoms with Crippen molar-refractivity contribution in [2.75, 3.05) is 18.5 Å². The Balaban J connectivity index is 0.000000291. The van der Waals surface area contributed by atoms with Gasteiger partial charge in [0, 0.05) is 42.5 Å². The largest absolute Gasteiger partial charge is 0.392 e. The van der Waals surface area contributed by atoms with Crippen LogP contribution in [0.25, 0.3) is 0 Å². The number of aldehydes is 1. The smallest absolute Gasteiger partial charge is 0.247 e. The molecule has 0 aromatic carbocycles. The minimum Gasteiger partial charge on any atom is -0.392 e. The third-order valence-corrected chi connectivity index (χ3v) is 8.17. The maximum atomic E-state index is 13.2. The second kappa shape index (κ2) is 11.9. The van der Waals surface area contributed by atoms with Crippen LogP contribution in [-0.4, -0.2) is 54.1 Å². The number of amides is 1. The molecule has 0 radical (unpaired) electrons. The molecule has 3 heterocycles. The van der Waals surface area contributed by atoms with Gasteiger partial charge in [-0.3, -0.25) is 9.78 Å². The molecular formula is C26H36N4O3S. The van der Waals surface area contributed by atoms with Crippen LogP contribution in [0.5, 0.6) is 0 Å². The molecule has 2 aliphatic carbocycles. The predicted octanol–water partition coefficient (Wildman–Crippen LogP) is 3.56. The standard InChI is InChI=1S/C21H27N3OS.C5H9NO2/c1-24(19-12-11-18(26-19)15-9-10-15)20(16-6-5-13-22-14-16)21(25)23-17-7-3-2-4-8-17;7-3-4-1-5(8)2-6-4/h5-6,11-15,17,20H,2-4,7-10H2,1H3,(H,23,25);3-6,8H,1-2H2. The number of likely N-dealkylation sites (N-methyl/N-ethyl adjacent to an activating group) is 1. The van der Waals surface area contributed by atoms with E-state index in [2.05, 4.69) is 32.7 Å². The highest BCUT2D eigenvalue weighted by molar-refractivity contribution is 7.16. The van der Waals surface area contributed by atoms with E-state index in [1.54, 1.807) is 6.20 Å². The summed E-state index contributed by atoms with van der Waals surface area (Å²) in [7, 11) is 2.03. The maximum Gasteiger partial charge on any atom is 0.247 e. The summed E-state index contributed by atoms with van der Waals surface area (Å²) in [5, 5.41) is 16.1. The first-order valence-electron chi connectivity index (χ1n) is 12.4. The molecule has 0 bridgehead atoms. The molecular weight excluding hydrogens is 448 g/mol. The number of pyridine rings is 1. The fourth-order valence-electron chi connectivity index (χ4n) is 4.71. The van der Waals surface area contributed by atoms with Gasteiger partial charge < -0.3 is 25.4 Å². The average Bonchev–Trinajstić information content (AvgIpc) is 3.43. The first-order chi connectivity index (χ1) is 16.5. The van der Waals surface area contributed by atoms with Crippen molar-refractivity contribution < 1.29 is 14.7 Å². The van der Waals surface area contributed by atoms with Crippen molar-refractivity contribution in [3.63, 3.8) is 0 Å². The molecule has 1 amide bonds. The van der Waals surface area contributed by atoms with E-state index in [0.29, 0.717) is 19.0 Å². The summed E-state index contributed by atoms with van der Waals surface area (Å²) in [6, 6.07) is 8.18. The van der Waals surface area contributed by atoms with Gasteiger partial charge >= 0.3 is 0 Å². The summed E-state index contributed by atoms with van der Waals surface area (Å²) in [6.45, 7) is 0.559. The lowest BCUT2D eigenvalue weighted by Gasteiger charge is -2.31. The number of aromatic nitrogens is 1. The Kier molecular flexibility index (Phi) is 8.69. The highest BCUT2D eigenvalue weighted by atomic mass is 32.1. The van der Waals surface area contributed by atoms with Crippen molar-refractivity contribution >= 4 is 28.5 Å². The monoisotopic (exact) mass is 484 g/mol. The second-order valence-electron chi connectivity index (χ2n) is 9.63. The molecule has 1 aliphatic heterocycles. The van der Waals surface area contributed by atoms with Crippen LogP contribution in [0, 0.1) is 0 Å². The molecule has 3 fully saturated rings. The van der Waals surface area contributed by atoms with E-state index < -0.39 is 0 Å². The Morgan fingerprint density at radius 2 is 2.03 bits per heavy atom. The zero-order chi connectivity index (χ0) is 23.9. The topological polar surface area (TPSA) is 94.6 Å². The molecule has 2 aromatic heterocycles. The van der Waals surface area contributed by atoms with Gasteiger partial charge in [-0.1, -0.05) is 25.3 Å². The number of nitrogens with zero attached hydrogens (tertiary/aromatic N) is 2. The van der Waals surface area contributed by atoms with Gasteiger partial charge in [0.15, 0.2) is 0 Å². The van der Waals surface area contributed by atoms with E-state index in [-0.39, 0.29) is 24.1 Å². The van der Waals surface area contributed by atoms with E-state index in [1.165, 1.54) is 37.0 Å². The number of aliphatic hydroxyl groups excluding tert-OH is 1. The van der Waals surface area contributed by atoms with Crippen molar-refractivity contribution in [2.45, 2.75) is 81.5 Å². The zero-order valence-corrected chi connectivity index (χ0v) is 20.7. The first-order valence-corrected chi connectivity index (χ1v) is 13.3. The molecule has 2 aromatic rings. The normalized spacial score (nSPS) is 23.5. The molecule has 5 rings (SSSR count). The number of anilines is 1. The fraction of sp³-hybridized carbons (Fsp3) is 0.577. The summed E-state index contributed by atoms with van der Waals surface area (Å²) >= 11 is 1.82. The Labute approximate surface area is 206 Å². The lowest BCUT2D eigenvalue weighted by atomic mass is 9.95. The van der Waals surface area contributed by atoms with Crippen LogP contribution in [0.2, 0.25) is 0 Å². The second-order valence-corrected chi connectivity index (χ2v) is 10.7. The number of β-amino-alcohol motifs (C(OH)–C–C–N with tert-alkyl or cyclic N) is 1. The van der Waals surface area contributed by atoms with Crippen LogP contribution in [0.15, 0.2) is 36.7 Å². The predicted molar refractivity (Wildman–Crippen MR) is 135 cm³/mol.